The van der Waals surface area contributed by atoms with Crippen LogP contribution in [0.4, 0.5) is 19.0 Å². The number of methoxy groups -OCH3 is 1. The fraction of sp³-hybridized carbons (Fsp3) is 0.625. The van der Waals surface area contributed by atoms with E-state index in [2.05, 4.69) is 41.1 Å². The van der Waals surface area contributed by atoms with Gasteiger partial charge in [0.05, 0.1) is 23.2 Å². The smallest absolute Gasteiger partial charge is 0.379 e. The number of amides is 1. The summed E-state index contributed by atoms with van der Waals surface area (Å²) < 4.78 is 45.5. The number of fused-ring (bicyclic) bond motifs is 1. The Balaban J connectivity index is 1.49. The maximum Gasteiger partial charge on any atom is 0.416 e. The third-order valence-corrected chi connectivity index (χ3v) is 7.34. The van der Waals surface area contributed by atoms with Gasteiger partial charge in [-0.05, 0) is 64.8 Å². The monoisotopic (exact) mass is 479 g/mol. The van der Waals surface area contributed by atoms with Gasteiger partial charge in [-0.1, -0.05) is 0 Å². The molecule has 1 saturated heterocycles. The number of anilines is 1. The zero-order chi connectivity index (χ0) is 24.6. The molecule has 0 radical (unpaired) electrons. The summed E-state index contributed by atoms with van der Waals surface area (Å²) in [5, 5.41) is 3.34. The normalized spacial score (nSPS) is 26.1. The number of rotatable bonds is 6. The molecule has 1 aliphatic heterocycles. The maximum atomic E-state index is 13.3. The van der Waals surface area contributed by atoms with E-state index in [4.69, 9.17) is 4.74 Å². The third kappa shape index (κ3) is 4.84. The van der Waals surface area contributed by atoms with E-state index in [9.17, 15) is 18.0 Å². The Morgan fingerprint density at radius 3 is 2.65 bits per heavy atom. The molecule has 34 heavy (non-hydrogen) atoms. The van der Waals surface area contributed by atoms with E-state index in [1.807, 2.05) is 4.90 Å². The molecule has 4 atom stereocenters. The summed E-state index contributed by atoms with van der Waals surface area (Å²) in [7, 11) is 3.82. The molecule has 2 heterocycles. The van der Waals surface area contributed by atoms with Crippen LogP contribution in [0.5, 0.6) is 0 Å². The van der Waals surface area contributed by atoms with E-state index < -0.39 is 17.8 Å². The van der Waals surface area contributed by atoms with Gasteiger partial charge in [-0.2, -0.15) is 13.2 Å². The van der Waals surface area contributed by atoms with E-state index in [1.165, 1.54) is 12.4 Å². The molecule has 7 nitrogen and oxygen atoms in total. The second-order valence-corrected chi connectivity index (χ2v) is 9.54. The average molecular weight is 480 g/mol. The molecule has 2 fully saturated rings. The van der Waals surface area contributed by atoms with Crippen LogP contribution in [-0.2, 0) is 15.7 Å². The zero-order valence-electron chi connectivity index (χ0n) is 20.0. The van der Waals surface area contributed by atoms with Crippen LogP contribution in [0.15, 0.2) is 24.5 Å². The lowest BCUT2D eigenvalue weighted by atomic mass is 9.86. The number of carbonyl (C=O) groups excluding carboxylic acids is 1. The fourth-order valence-corrected chi connectivity index (χ4v) is 5.17. The van der Waals surface area contributed by atoms with Crippen LogP contribution < -0.4 is 5.32 Å². The van der Waals surface area contributed by atoms with Crippen molar-refractivity contribution in [3.63, 3.8) is 0 Å². The minimum Gasteiger partial charge on any atom is -0.379 e. The predicted molar refractivity (Wildman–Crippen MR) is 123 cm³/mol. The molecular formula is C24H32F3N5O2. The van der Waals surface area contributed by atoms with Gasteiger partial charge < -0.3 is 19.9 Å². The molecule has 1 aromatic carbocycles. The average Bonchev–Trinajstić information content (AvgIpc) is 3.17. The van der Waals surface area contributed by atoms with Crippen LogP contribution in [0.2, 0.25) is 0 Å². The van der Waals surface area contributed by atoms with Crippen LogP contribution in [0.25, 0.3) is 10.9 Å². The first-order chi connectivity index (χ1) is 16.1. The second-order valence-electron chi connectivity index (χ2n) is 9.54. The molecule has 0 bridgehead atoms. The van der Waals surface area contributed by atoms with Crippen LogP contribution in [0, 0.1) is 0 Å². The summed E-state index contributed by atoms with van der Waals surface area (Å²) in [6.45, 7) is 4.91. The summed E-state index contributed by atoms with van der Waals surface area (Å²) in [5.41, 5.74) is -0.386. The van der Waals surface area contributed by atoms with E-state index in [0.29, 0.717) is 30.6 Å². The summed E-state index contributed by atoms with van der Waals surface area (Å²) in [6, 6.07) is 3.62. The van der Waals surface area contributed by atoms with Gasteiger partial charge in [0.25, 0.3) is 0 Å². The number of ether oxygens (including phenoxy) is 1. The van der Waals surface area contributed by atoms with Gasteiger partial charge in [0.2, 0.25) is 5.91 Å². The highest BCUT2D eigenvalue weighted by Gasteiger charge is 2.43. The number of hydrogen-bond donors (Lipinski definition) is 1. The van der Waals surface area contributed by atoms with Gasteiger partial charge in [0.15, 0.2) is 0 Å². The van der Waals surface area contributed by atoms with Crippen LogP contribution in [0.3, 0.4) is 0 Å². The number of benzene rings is 1. The van der Waals surface area contributed by atoms with Crippen molar-refractivity contribution in [2.24, 2.45) is 0 Å². The summed E-state index contributed by atoms with van der Waals surface area (Å²) in [4.78, 5) is 25.8. The van der Waals surface area contributed by atoms with E-state index in [-0.39, 0.29) is 29.3 Å². The summed E-state index contributed by atoms with van der Waals surface area (Å²) >= 11 is 0. The molecule has 2 aliphatic rings. The predicted octanol–water partition coefficient (Wildman–Crippen LogP) is 3.94. The Hall–Kier alpha value is -2.46. The lowest BCUT2D eigenvalue weighted by molar-refractivity contribution is -0.137. The van der Waals surface area contributed by atoms with Crippen molar-refractivity contribution >= 4 is 22.6 Å². The molecular weight excluding hydrogens is 447 g/mol. The number of likely N-dealkylation sites (tertiary alicyclic amines) is 1. The highest BCUT2D eigenvalue weighted by atomic mass is 19.4. The second kappa shape index (κ2) is 9.65. The van der Waals surface area contributed by atoms with Crippen molar-refractivity contribution in [1.29, 1.82) is 0 Å². The number of halogens is 3. The molecule has 1 aliphatic carbocycles. The van der Waals surface area contributed by atoms with Crippen molar-refractivity contribution in [3.8, 4) is 0 Å². The van der Waals surface area contributed by atoms with Gasteiger partial charge in [0.1, 0.15) is 18.2 Å². The lowest BCUT2D eigenvalue weighted by Crippen LogP contribution is -2.53. The van der Waals surface area contributed by atoms with Gasteiger partial charge in [-0.25, -0.2) is 9.97 Å². The third-order valence-electron chi connectivity index (χ3n) is 7.34. The maximum absolute atomic E-state index is 13.3. The van der Waals surface area contributed by atoms with Crippen molar-refractivity contribution in [1.82, 2.24) is 19.8 Å². The molecule has 1 N–H and O–H groups in total. The Morgan fingerprint density at radius 1 is 1.21 bits per heavy atom. The number of nitrogens with one attached hydrogen (secondary N) is 1. The lowest BCUT2D eigenvalue weighted by Gasteiger charge is -2.43. The molecule has 1 saturated carbocycles. The first kappa shape index (κ1) is 24.7. The summed E-state index contributed by atoms with van der Waals surface area (Å²) in [6.07, 6.45) is 0.000543. The summed E-state index contributed by atoms with van der Waals surface area (Å²) in [5.74, 6) is 0.170. The van der Waals surface area contributed by atoms with E-state index >= 15 is 0 Å². The van der Waals surface area contributed by atoms with E-state index in [0.717, 1.165) is 31.4 Å². The highest BCUT2D eigenvalue weighted by molar-refractivity contribution is 5.93. The molecule has 2 aromatic rings. The van der Waals surface area contributed by atoms with Crippen LogP contribution in [0.1, 0.15) is 45.1 Å². The van der Waals surface area contributed by atoms with Crippen molar-refractivity contribution in [2.75, 3.05) is 26.0 Å². The minimum absolute atomic E-state index is 0.0138. The molecule has 0 spiro atoms. The van der Waals surface area contributed by atoms with Gasteiger partial charge in [-0.15, -0.1) is 0 Å². The van der Waals surface area contributed by atoms with Crippen molar-refractivity contribution in [2.45, 2.75) is 76.0 Å². The molecule has 4 rings (SSSR count). The largest absolute Gasteiger partial charge is 0.416 e. The Morgan fingerprint density at radius 2 is 1.97 bits per heavy atom. The number of hydrogen-bond acceptors (Lipinski definition) is 6. The number of aromatic nitrogens is 2. The number of carbonyl (C=O) groups is 1. The SMILES string of the molecule is CO[C@@H]1C[C@@H](N(C)C(C)C)CC[C@H]1N1CC[C@H](Nc2ncnc3ccc(C(F)(F)F)cc23)C1=O. The standard InChI is InChI=1S/C24H32F3N5O2/c1-14(2)31(3)16-6-8-20(21(12-16)34-4)32-10-9-19(23(32)33)30-22-17-11-15(24(25,26)27)5-7-18(17)28-13-29-22/h5,7,11,13-14,16,19-21H,6,8-10,12H2,1-4H3,(H,28,29,30)/t16-,19-,20+,21+/m0/s1. The first-order valence-corrected chi connectivity index (χ1v) is 11.7. The van der Waals surface area contributed by atoms with Gasteiger partial charge in [0, 0.05) is 31.1 Å². The number of nitrogens with zero attached hydrogens (tertiary/aromatic N) is 4. The fourth-order valence-electron chi connectivity index (χ4n) is 5.17. The zero-order valence-corrected chi connectivity index (χ0v) is 20.0. The highest BCUT2D eigenvalue weighted by Crippen LogP contribution is 2.34. The quantitative estimate of drug-likeness (QED) is 0.677. The van der Waals surface area contributed by atoms with Crippen molar-refractivity contribution < 1.29 is 22.7 Å². The van der Waals surface area contributed by atoms with Crippen molar-refractivity contribution in [3.05, 3.63) is 30.1 Å². The van der Waals surface area contributed by atoms with Crippen LogP contribution >= 0.6 is 0 Å². The first-order valence-electron chi connectivity index (χ1n) is 11.7. The molecule has 1 aromatic heterocycles. The molecule has 1 amide bonds. The van der Waals surface area contributed by atoms with Crippen LogP contribution in [-0.4, -0.2) is 76.6 Å². The van der Waals surface area contributed by atoms with Gasteiger partial charge >= 0.3 is 6.18 Å². The van der Waals surface area contributed by atoms with E-state index in [1.54, 1.807) is 7.11 Å². The Bertz CT molecular complexity index is 1030. The Kier molecular flexibility index (Phi) is 7.00. The molecule has 186 valence electrons. The molecule has 10 heteroatoms. The van der Waals surface area contributed by atoms with Gasteiger partial charge in [-0.3, -0.25) is 4.79 Å². The number of alkyl halides is 3. The molecule has 0 unspecified atom stereocenters. The Labute approximate surface area is 197 Å². The topological polar surface area (TPSA) is 70.6 Å². The minimum atomic E-state index is -4.47.